The van der Waals surface area contributed by atoms with Gasteiger partial charge in [-0.1, -0.05) is 0 Å². The molecule has 0 radical (unpaired) electrons. The van der Waals surface area contributed by atoms with Crippen molar-refractivity contribution >= 4 is 5.96 Å². The van der Waals surface area contributed by atoms with Gasteiger partial charge in [-0.3, -0.25) is 5.10 Å². The molecule has 1 fully saturated rings. The highest BCUT2D eigenvalue weighted by Gasteiger charge is 2.22. The van der Waals surface area contributed by atoms with Crippen molar-refractivity contribution in [1.82, 2.24) is 25.4 Å². The van der Waals surface area contributed by atoms with E-state index >= 15 is 0 Å². The second kappa shape index (κ2) is 7.98. The molecular formula is C17H24N6O2. The minimum absolute atomic E-state index is 0.282. The fourth-order valence-corrected chi connectivity index (χ4v) is 2.75. The van der Waals surface area contributed by atoms with Gasteiger partial charge in [0.25, 0.3) is 0 Å². The van der Waals surface area contributed by atoms with Crippen molar-refractivity contribution in [2.24, 2.45) is 4.99 Å². The predicted molar refractivity (Wildman–Crippen MR) is 95.4 cm³/mol. The summed E-state index contributed by atoms with van der Waals surface area (Å²) in [7, 11) is 1.64. The van der Waals surface area contributed by atoms with Gasteiger partial charge in [-0.15, -0.1) is 0 Å². The maximum absolute atomic E-state index is 9.71. The smallest absolute Gasteiger partial charge is 0.194 e. The van der Waals surface area contributed by atoms with Gasteiger partial charge in [0.15, 0.2) is 11.8 Å². The van der Waals surface area contributed by atoms with Crippen LogP contribution in [0.3, 0.4) is 0 Å². The molecule has 0 bridgehead atoms. The third-order valence-electron chi connectivity index (χ3n) is 4.06. The lowest BCUT2D eigenvalue weighted by atomic mass is 10.2. The number of H-pyrrole nitrogens is 1. The van der Waals surface area contributed by atoms with Gasteiger partial charge in [0.2, 0.25) is 0 Å². The number of β-amino-alcohol motifs (C(OH)–C–C–N with tert-alkyl or cyclic N) is 1. The van der Waals surface area contributed by atoms with Gasteiger partial charge in [0, 0.05) is 25.2 Å². The normalized spacial score (nSPS) is 17.8. The number of ether oxygens (including phenoxy) is 1. The first-order valence-electron chi connectivity index (χ1n) is 8.46. The first-order chi connectivity index (χ1) is 12.2. The first-order valence-corrected chi connectivity index (χ1v) is 8.46. The molecule has 3 rings (SSSR count). The Kier molecular flexibility index (Phi) is 5.49. The Morgan fingerprint density at radius 3 is 2.88 bits per heavy atom. The van der Waals surface area contributed by atoms with E-state index in [1.165, 1.54) is 0 Å². The zero-order valence-electron chi connectivity index (χ0n) is 14.6. The van der Waals surface area contributed by atoms with Crippen LogP contribution >= 0.6 is 0 Å². The summed E-state index contributed by atoms with van der Waals surface area (Å²) < 4.78 is 5.16. The van der Waals surface area contributed by atoms with Crippen molar-refractivity contribution in [2.75, 3.05) is 26.7 Å². The summed E-state index contributed by atoms with van der Waals surface area (Å²) in [5, 5.41) is 20.2. The van der Waals surface area contributed by atoms with Crippen LogP contribution in [0.1, 0.15) is 19.2 Å². The number of aromatic amines is 1. The monoisotopic (exact) mass is 344 g/mol. The van der Waals surface area contributed by atoms with Crippen LogP contribution in [0.15, 0.2) is 29.3 Å². The van der Waals surface area contributed by atoms with Gasteiger partial charge < -0.3 is 20.1 Å². The van der Waals surface area contributed by atoms with Gasteiger partial charge in [-0.25, -0.2) is 9.98 Å². The minimum atomic E-state index is -0.282. The predicted octanol–water partition coefficient (Wildman–Crippen LogP) is 1.01. The summed E-state index contributed by atoms with van der Waals surface area (Å²) in [5.41, 5.74) is 0.918. The first kappa shape index (κ1) is 17.2. The number of rotatable bonds is 5. The molecule has 2 aromatic rings. The molecule has 1 aromatic heterocycles. The summed E-state index contributed by atoms with van der Waals surface area (Å²) in [6.07, 6.45) is 0.491. The standard InChI is InChI=1S/C17H24N6O2/c1-3-18-17(23-9-8-13(24)11-23)19-10-15-20-16(22-21-15)12-4-6-14(25-2)7-5-12/h4-7,13,24H,3,8-11H2,1-2H3,(H,18,19)(H,20,21,22)/t13-/m1/s1. The Morgan fingerprint density at radius 2 is 2.24 bits per heavy atom. The molecule has 134 valence electrons. The number of hydrogen-bond acceptors (Lipinski definition) is 5. The average molecular weight is 344 g/mol. The van der Waals surface area contributed by atoms with Crippen molar-refractivity contribution in [1.29, 1.82) is 0 Å². The van der Waals surface area contributed by atoms with Crippen molar-refractivity contribution in [3.63, 3.8) is 0 Å². The largest absolute Gasteiger partial charge is 0.497 e. The third kappa shape index (κ3) is 4.27. The molecule has 1 saturated heterocycles. The number of benzene rings is 1. The molecule has 0 aliphatic carbocycles. The minimum Gasteiger partial charge on any atom is -0.497 e. The van der Waals surface area contributed by atoms with E-state index in [0.717, 1.165) is 36.8 Å². The molecular weight excluding hydrogens is 320 g/mol. The molecule has 0 spiro atoms. The molecule has 1 aromatic carbocycles. The van der Waals surface area contributed by atoms with E-state index in [-0.39, 0.29) is 6.10 Å². The van der Waals surface area contributed by atoms with E-state index in [1.54, 1.807) is 7.11 Å². The number of aliphatic hydroxyl groups excluding tert-OH is 1. The van der Waals surface area contributed by atoms with Gasteiger partial charge >= 0.3 is 0 Å². The van der Waals surface area contributed by atoms with Gasteiger partial charge in [0.05, 0.1) is 13.2 Å². The molecule has 0 unspecified atom stereocenters. The number of nitrogens with zero attached hydrogens (tertiary/aromatic N) is 4. The molecule has 8 nitrogen and oxygen atoms in total. The zero-order valence-corrected chi connectivity index (χ0v) is 14.6. The Morgan fingerprint density at radius 1 is 1.44 bits per heavy atom. The van der Waals surface area contributed by atoms with Crippen molar-refractivity contribution < 1.29 is 9.84 Å². The van der Waals surface area contributed by atoms with E-state index in [1.807, 2.05) is 31.2 Å². The highest BCUT2D eigenvalue weighted by molar-refractivity contribution is 5.80. The van der Waals surface area contributed by atoms with Crippen LogP contribution in [0.4, 0.5) is 0 Å². The zero-order chi connectivity index (χ0) is 17.6. The Labute approximate surface area is 146 Å². The molecule has 0 saturated carbocycles. The molecule has 2 heterocycles. The molecule has 25 heavy (non-hydrogen) atoms. The lowest BCUT2D eigenvalue weighted by Gasteiger charge is -2.20. The summed E-state index contributed by atoms with van der Waals surface area (Å²) in [6.45, 7) is 4.62. The highest BCUT2D eigenvalue weighted by Crippen LogP contribution is 2.19. The van der Waals surface area contributed by atoms with Crippen molar-refractivity contribution in [3.05, 3.63) is 30.1 Å². The maximum Gasteiger partial charge on any atom is 0.194 e. The van der Waals surface area contributed by atoms with E-state index in [0.29, 0.717) is 24.7 Å². The number of methoxy groups -OCH3 is 1. The number of aliphatic imine (C=N–C) groups is 1. The summed E-state index contributed by atoms with van der Waals surface area (Å²) in [6, 6.07) is 7.60. The van der Waals surface area contributed by atoms with Gasteiger partial charge in [0.1, 0.15) is 18.1 Å². The van der Waals surface area contributed by atoms with Crippen LogP contribution in [0.5, 0.6) is 5.75 Å². The summed E-state index contributed by atoms with van der Waals surface area (Å²) >= 11 is 0. The van der Waals surface area contributed by atoms with Crippen molar-refractivity contribution in [3.8, 4) is 17.1 Å². The van der Waals surface area contributed by atoms with Crippen LogP contribution in [-0.4, -0.2) is 64.0 Å². The molecule has 1 atom stereocenters. The fraction of sp³-hybridized carbons (Fsp3) is 0.471. The van der Waals surface area contributed by atoms with Crippen LogP contribution in [0.25, 0.3) is 11.4 Å². The lowest BCUT2D eigenvalue weighted by molar-refractivity contribution is 0.188. The van der Waals surface area contributed by atoms with E-state index in [9.17, 15) is 5.11 Å². The Bertz CT molecular complexity index is 712. The number of nitrogens with one attached hydrogen (secondary N) is 2. The van der Waals surface area contributed by atoms with Gasteiger partial charge in [-0.2, -0.15) is 5.10 Å². The lowest BCUT2D eigenvalue weighted by Crippen LogP contribution is -2.40. The number of hydrogen-bond donors (Lipinski definition) is 3. The van der Waals surface area contributed by atoms with Crippen LogP contribution in [0.2, 0.25) is 0 Å². The molecule has 1 aliphatic heterocycles. The second-order valence-corrected chi connectivity index (χ2v) is 5.89. The highest BCUT2D eigenvalue weighted by atomic mass is 16.5. The number of aliphatic hydroxyl groups is 1. The number of guanidine groups is 1. The molecule has 8 heteroatoms. The van der Waals surface area contributed by atoms with E-state index in [2.05, 4.69) is 30.4 Å². The third-order valence-corrected chi connectivity index (χ3v) is 4.06. The number of likely N-dealkylation sites (tertiary alicyclic amines) is 1. The maximum atomic E-state index is 9.71. The SMILES string of the molecule is CCNC(=NCc1nc(-c2ccc(OC)cc2)n[nH]1)N1CC[C@@H](O)C1. The molecule has 0 amide bonds. The van der Waals surface area contributed by atoms with Gasteiger partial charge in [-0.05, 0) is 37.6 Å². The van der Waals surface area contributed by atoms with Crippen LogP contribution in [-0.2, 0) is 6.54 Å². The van der Waals surface area contributed by atoms with E-state index < -0.39 is 0 Å². The fourth-order valence-electron chi connectivity index (χ4n) is 2.75. The second-order valence-electron chi connectivity index (χ2n) is 5.89. The molecule has 3 N–H and O–H groups in total. The number of aromatic nitrogens is 3. The Hall–Kier alpha value is -2.61. The summed E-state index contributed by atoms with van der Waals surface area (Å²) in [4.78, 5) is 11.2. The van der Waals surface area contributed by atoms with Crippen molar-refractivity contribution in [2.45, 2.75) is 26.0 Å². The average Bonchev–Trinajstić information content (AvgIpc) is 3.28. The Balaban J connectivity index is 1.68. The van der Waals surface area contributed by atoms with Crippen LogP contribution in [0, 0.1) is 0 Å². The molecule has 1 aliphatic rings. The topological polar surface area (TPSA) is 98.7 Å². The summed E-state index contributed by atoms with van der Waals surface area (Å²) in [5.74, 6) is 2.92. The van der Waals surface area contributed by atoms with E-state index in [4.69, 9.17) is 4.74 Å². The quantitative estimate of drug-likeness (QED) is 0.553. The van der Waals surface area contributed by atoms with Crippen LogP contribution < -0.4 is 10.1 Å².